The number of carbonyl (C=O) groups is 1. The highest BCUT2D eigenvalue weighted by atomic mass is 32.2. The zero-order valence-electron chi connectivity index (χ0n) is 16.6. The van der Waals surface area contributed by atoms with Crippen molar-refractivity contribution in [3.8, 4) is 0 Å². The molecule has 12 heteroatoms. The van der Waals surface area contributed by atoms with E-state index >= 15 is 0 Å². The van der Waals surface area contributed by atoms with Crippen molar-refractivity contribution in [2.75, 3.05) is 10.7 Å². The number of halogens is 3. The van der Waals surface area contributed by atoms with E-state index in [0.717, 1.165) is 11.8 Å². The summed E-state index contributed by atoms with van der Waals surface area (Å²) in [6.45, 7) is 1.81. The number of benzene rings is 2. The summed E-state index contributed by atoms with van der Waals surface area (Å²) in [5, 5.41) is 5.66. The predicted octanol–water partition coefficient (Wildman–Crippen LogP) is 3.37. The van der Waals surface area contributed by atoms with Crippen molar-refractivity contribution in [2.24, 2.45) is 5.14 Å². The molecule has 1 aliphatic rings. The molecule has 2 N–H and O–H groups in total. The molecule has 32 heavy (non-hydrogen) atoms. The Hall–Kier alpha value is -2.70. The highest BCUT2D eigenvalue weighted by Gasteiger charge is 2.36. The lowest BCUT2D eigenvalue weighted by Gasteiger charge is -2.22. The normalized spacial score (nSPS) is 16.4. The lowest BCUT2D eigenvalue weighted by Crippen LogP contribution is -2.37. The molecule has 2 heterocycles. The van der Waals surface area contributed by atoms with Crippen molar-refractivity contribution >= 4 is 44.3 Å². The summed E-state index contributed by atoms with van der Waals surface area (Å²) in [4.78, 5) is 21.7. The van der Waals surface area contributed by atoms with E-state index in [9.17, 15) is 26.4 Å². The Labute approximate surface area is 185 Å². The minimum absolute atomic E-state index is 0.0424. The number of alkyl halides is 3. The van der Waals surface area contributed by atoms with Crippen LogP contribution in [0.3, 0.4) is 0 Å². The quantitative estimate of drug-likeness (QED) is 0.452. The maximum atomic E-state index is 13.2. The molecule has 0 bridgehead atoms. The second kappa shape index (κ2) is 8.01. The Kier molecular flexibility index (Phi) is 5.63. The molecule has 1 aliphatic heterocycles. The van der Waals surface area contributed by atoms with Gasteiger partial charge in [-0.2, -0.15) is 13.2 Å². The van der Waals surface area contributed by atoms with Crippen LogP contribution < -0.4 is 10.0 Å². The van der Waals surface area contributed by atoms with E-state index < -0.39 is 22.0 Å². The van der Waals surface area contributed by atoms with Gasteiger partial charge in [0.2, 0.25) is 21.8 Å². The molecule has 0 spiro atoms. The van der Waals surface area contributed by atoms with Crippen LogP contribution in [0.25, 0.3) is 10.9 Å². The average Bonchev–Trinajstić information content (AvgIpc) is 3.05. The zero-order chi connectivity index (χ0) is 23.3. The molecule has 1 amide bonds. The number of hydrogen-bond acceptors (Lipinski definition) is 6. The van der Waals surface area contributed by atoms with Gasteiger partial charge < -0.3 is 4.90 Å². The molecule has 7 nitrogen and oxygen atoms in total. The van der Waals surface area contributed by atoms with Crippen LogP contribution in [0.5, 0.6) is 0 Å². The molecule has 168 valence electrons. The van der Waals surface area contributed by atoms with Crippen molar-refractivity contribution in [3.63, 3.8) is 0 Å². The standard InChI is InChI=1S/C20H17F3N4O3S2/c1-11-8-12-9-13(32(24,29)30)6-7-16(12)27(11)17(28)10-31-18-14-4-2-3-5-15(14)25-19(26-18)20(21,22)23/h2-7,9,11H,8,10H2,1H3,(H2,24,29,30)/t11-/m0/s1. The SMILES string of the molecule is C[C@H]1Cc2cc(S(N)(=O)=O)ccc2N1C(=O)CSc1nc(C(F)(F)F)nc2ccccc12. The molecule has 0 fully saturated rings. The summed E-state index contributed by atoms with van der Waals surface area (Å²) < 4.78 is 62.8. The summed E-state index contributed by atoms with van der Waals surface area (Å²) in [7, 11) is -3.88. The molecule has 0 saturated heterocycles. The maximum Gasteiger partial charge on any atom is 0.451 e. The molecule has 4 rings (SSSR count). The largest absolute Gasteiger partial charge is 0.451 e. The predicted molar refractivity (Wildman–Crippen MR) is 114 cm³/mol. The van der Waals surface area contributed by atoms with Gasteiger partial charge in [0.15, 0.2) is 0 Å². The van der Waals surface area contributed by atoms with Crippen LogP contribution in [-0.2, 0) is 27.4 Å². The van der Waals surface area contributed by atoms with Crippen LogP contribution in [0, 0.1) is 0 Å². The molecule has 1 aromatic heterocycles. The fourth-order valence-electron chi connectivity index (χ4n) is 3.65. The number of nitrogens with zero attached hydrogens (tertiary/aromatic N) is 3. The summed E-state index contributed by atoms with van der Waals surface area (Å²) in [6.07, 6.45) is -4.28. The van der Waals surface area contributed by atoms with Crippen LogP contribution in [0.1, 0.15) is 18.3 Å². The van der Waals surface area contributed by atoms with Gasteiger partial charge in [0, 0.05) is 17.1 Å². The van der Waals surface area contributed by atoms with Gasteiger partial charge in [0.05, 0.1) is 16.2 Å². The highest BCUT2D eigenvalue weighted by molar-refractivity contribution is 8.00. The number of thioether (sulfide) groups is 1. The van der Waals surface area contributed by atoms with Crippen molar-refractivity contribution < 1.29 is 26.4 Å². The Balaban J connectivity index is 1.61. The third kappa shape index (κ3) is 4.30. The number of aromatic nitrogens is 2. The van der Waals surface area contributed by atoms with Gasteiger partial charge in [-0.15, -0.1) is 0 Å². The zero-order valence-corrected chi connectivity index (χ0v) is 18.3. The van der Waals surface area contributed by atoms with Gasteiger partial charge in [0.25, 0.3) is 0 Å². The Bertz CT molecular complexity index is 1330. The Morgan fingerprint density at radius 2 is 1.94 bits per heavy atom. The van der Waals surface area contributed by atoms with Crippen molar-refractivity contribution in [1.82, 2.24) is 9.97 Å². The minimum Gasteiger partial charge on any atom is -0.308 e. The van der Waals surface area contributed by atoms with E-state index in [2.05, 4.69) is 9.97 Å². The second-order valence-electron chi connectivity index (χ2n) is 7.31. The van der Waals surface area contributed by atoms with Gasteiger partial charge in [-0.25, -0.2) is 23.5 Å². The summed E-state index contributed by atoms with van der Waals surface area (Å²) in [6, 6.07) is 10.3. The van der Waals surface area contributed by atoms with Crippen LogP contribution in [0.4, 0.5) is 18.9 Å². The van der Waals surface area contributed by atoms with Gasteiger partial charge in [-0.1, -0.05) is 30.0 Å². The number of primary sulfonamides is 1. The van der Waals surface area contributed by atoms with E-state index in [1.165, 1.54) is 29.2 Å². The first kappa shape index (κ1) is 22.5. The highest BCUT2D eigenvalue weighted by Crippen LogP contribution is 2.36. The Morgan fingerprint density at radius 3 is 2.62 bits per heavy atom. The first-order chi connectivity index (χ1) is 14.9. The second-order valence-corrected chi connectivity index (χ2v) is 9.83. The molecule has 2 aromatic carbocycles. The lowest BCUT2D eigenvalue weighted by molar-refractivity contribution is -0.145. The third-order valence-electron chi connectivity index (χ3n) is 5.02. The molecule has 0 aliphatic carbocycles. The molecule has 0 unspecified atom stereocenters. The monoisotopic (exact) mass is 482 g/mol. The molecule has 3 aromatic rings. The number of rotatable bonds is 4. The number of hydrogen-bond donors (Lipinski definition) is 1. The topological polar surface area (TPSA) is 106 Å². The van der Waals surface area contributed by atoms with Crippen molar-refractivity contribution in [3.05, 3.63) is 53.9 Å². The number of carbonyl (C=O) groups excluding carboxylic acids is 1. The number of fused-ring (bicyclic) bond motifs is 2. The van der Waals surface area contributed by atoms with Crippen LogP contribution in [0.2, 0.25) is 0 Å². The number of para-hydroxylation sites is 1. The summed E-state index contributed by atoms with van der Waals surface area (Å²) in [5.74, 6) is -1.75. The first-order valence-corrected chi connectivity index (χ1v) is 11.9. The number of anilines is 1. The number of amides is 1. The van der Waals surface area contributed by atoms with Crippen molar-refractivity contribution in [1.29, 1.82) is 0 Å². The molecule has 0 saturated carbocycles. The molecular formula is C20H17F3N4O3S2. The molecular weight excluding hydrogens is 465 g/mol. The van der Waals surface area contributed by atoms with E-state index in [4.69, 9.17) is 5.14 Å². The number of sulfonamides is 1. The van der Waals surface area contributed by atoms with Crippen LogP contribution in [0.15, 0.2) is 52.4 Å². The number of nitrogens with two attached hydrogens (primary N) is 1. The van der Waals surface area contributed by atoms with E-state index in [1.807, 2.05) is 0 Å². The van der Waals surface area contributed by atoms with Crippen LogP contribution in [-0.4, -0.2) is 36.1 Å². The summed E-state index contributed by atoms with van der Waals surface area (Å²) in [5.41, 5.74) is 1.36. The molecule has 1 atom stereocenters. The van der Waals surface area contributed by atoms with Gasteiger partial charge in [0.1, 0.15) is 5.03 Å². The van der Waals surface area contributed by atoms with Gasteiger partial charge in [-0.3, -0.25) is 4.79 Å². The van der Waals surface area contributed by atoms with Crippen molar-refractivity contribution in [2.45, 2.75) is 35.5 Å². The fourth-order valence-corrected chi connectivity index (χ4v) is 5.09. The lowest BCUT2D eigenvalue weighted by atomic mass is 10.1. The van der Waals surface area contributed by atoms with Gasteiger partial charge in [-0.05, 0) is 43.2 Å². The fraction of sp³-hybridized carbons (Fsp3) is 0.250. The summed E-state index contributed by atoms with van der Waals surface area (Å²) >= 11 is 0.901. The molecule has 0 radical (unpaired) electrons. The third-order valence-corrected chi connectivity index (χ3v) is 6.90. The van der Waals surface area contributed by atoms with E-state index in [-0.39, 0.29) is 33.1 Å². The van der Waals surface area contributed by atoms with E-state index in [0.29, 0.717) is 23.1 Å². The smallest absolute Gasteiger partial charge is 0.308 e. The van der Waals surface area contributed by atoms with Gasteiger partial charge >= 0.3 is 6.18 Å². The first-order valence-electron chi connectivity index (χ1n) is 9.39. The van der Waals surface area contributed by atoms with E-state index in [1.54, 1.807) is 25.1 Å². The maximum absolute atomic E-state index is 13.2. The minimum atomic E-state index is -4.72. The Morgan fingerprint density at radius 1 is 1.22 bits per heavy atom. The average molecular weight is 483 g/mol. The van der Waals surface area contributed by atoms with Crippen LogP contribution >= 0.6 is 11.8 Å².